The van der Waals surface area contributed by atoms with Gasteiger partial charge in [-0.25, -0.2) is 9.67 Å². The van der Waals surface area contributed by atoms with Crippen LogP contribution in [0.25, 0.3) is 5.95 Å². The lowest BCUT2D eigenvalue weighted by Gasteiger charge is -2.26. The molecule has 3 heterocycles. The zero-order valence-corrected chi connectivity index (χ0v) is 12.5. The summed E-state index contributed by atoms with van der Waals surface area (Å²) in [6, 6.07) is 1.40. The fraction of sp³-hybridized carbons (Fsp3) is 0.429. The Morgan fingerprint density at radius 1 is 1.32 bits per heavy atom. The standard InChI is InChI=1S/C14H17N5O3/c1-9-7-12(20)17-14(16-9)19-10(2)11(8-15-19)13(21)18-3-5-22-6-4-18/h7-8H,3-6H2,1-2H3,(H,16,17,20). The average molecular weight is 303 g/mol. The van der Waals surface area contributed by atoms with Gasteiger partial charge >= 0.3 is 0 Å². The molecule has 0 aromatic carbocycles. The summed E-state index contributed by atoms with van der Waals surface area (Å²) in [6.07, 6.45) is 1.51. The number of aryl methyl sites for hydroxylation is 1. The van der Waals surface area contributed by atoms with Crippen LogP contribution in [0, 0.1) is 13.8 Å². The Balaban J connectivity index is 1.94. The maximum atomic E-state index is 12.5. The van der Waals surface area contributed by atoms with Crippen LogP contribution >= 0.6 is 0 Å². The van der Waals surface area contributed by atoms with Crippen molar-refractivity contribution in [3.05, 3.63) is 39.6 Å². The lowest BCUT2D eigenvalue weighted by molar-refractivity contribution is 0.0302. The maximum Gasteiger partial charge on any atom is 0.257 e. The number of ether oxygens (including phenoxy) is 1. The van der Waals surface area contributed by atoms with Gasteiger partial charge in [-0.3, -0.25) is 14.6 Å². The molecule has 8 nitrogen and oxygen atoms in total. The smallest absolute Gasteiger partial charge is 0.257 e. The van der Waals surface area contributed by atoms with Crippen LogP contribution in [-0.4, -0.2) is 56.9 Å². The van der Waals surface area contributed by atoms with E-state index in [9.17, 15) is 9.59 Å². The lowest BCUT2D eigenvalue weighted by Crippen LogP contribution is -2.40. The highest BCUT2D eigenvalue weighted by Crippen LogP contribution is 2.14. The SMILES string of the molecule is Cc1cc(=O)[nH]c(-n2ncc(C(=O)N3CCOCC3)c2C)n1. The fourth-order valence-corrected chi connectivity index (χ4v) is 2.43. The predicted octanol–water partition coefficient (Wildman–Crippen LogP) is 0.0448. The second-order valence-electron chi connectivity index (χ2n) is 5.17. The van der Waals surface area contributed by atoms with E-state index >= 15 is 0 Å². The van der Waals surface area contributed by atoms with E-state index in [-0.39, 0.29) is 11.5 Å². The topological polar surface area (TPSA) is 93.1 Å². The Kier molecular flexibility index (Phi) is 3.76. The van der Waals surface area contributed by atoms with E-state index in [1.165, 1.54) is 16.9 Å². The minimum atomic E-state index is -0.251. The molecule has 0 aliphatic carbocycles. The molecule has 0 bridgehead atoms. The number of aromatic nitrogens is 4. The van der Waals surface area contributed by atoms with E-state index in [1.807, 2.05) is 0 Å². The van der Waals surface area contributed by atoms with Crippen LogP contribution in [0.2, 0.25) is 0 Å². The molecule has 0 spiro atoms. The first-order valence-corrected chi connectivity index (χ1v) is 7.06. The first-order chi connectivity index (χ1) is 10.6. The summed E-state index contributed by atoms with van der Waals surface area (Å²) >= 11 is 0. The van der Waals surface area contributed by atoms with Crippen molar-refractivity contribution in [3.63, 3.8) is 0 Å². The number of carbonyl (C=O) groups excluding carboxylic acids is 1. The molecule has 8 heteroatoms. The highest BCUT2D eigenvalue weighted by Gasteiger charge is 2.23. The van der Waals surface area contributed by atoms with Gasteiger partial charge in [-0.15, -0.1) is 0 Å². The molecular formula is C14H17N5O3. The minimum absolute atomic E-state index is 0.0814. The first-order valence-electron chi connectivity index (χ1n) is 7.06. The molecule has 1 saturated heterocycles. The number of carbonyl (C=O) groups is 1. The number of nitrogens with zero attached hydrogens (tertiary/aromatic N) is 4. The number of rotatable bonds is 2. The van der Waals surface area contributed by atoms with Gasteiger partial charge in [0.25, 0.3) is 11.5 Å². The summed E-state index contributed by atoms with van der Waals surface area (Å²) in [7, 11) is 0. The molecular weight excluding hydrogens is 286 g/mol. The van der Waals surface area contributed by atoms with Crippen molar-refractivity contribution in [1.82, 2.24) is 24.6 Å². The van der Waals surface area contributed by atoms with Gasteiger partial charge in [0.05, 0.1) is 30.7 Å². The maximum absolute atomic E-state index is 12.5. The molecule has 116 valence electrons. The van der Waals surface area contributed by atoms with Crippen LogP contribution < -0.4 is 5.56 Å². The molecule has 1 aliphatic rings. The second-order valence-corrected chi connectivity index (χ2v) is 5.17. The average Bonchev–Trinajstić information content (AvgIpc) is 2.88. The van der Waals surface area contributed by atoms with E-state index in [2.05, 4.69) is 15.1 Å². The van der Waals surface area contributed by atoms with Crippen molar-refractivity contribution in [2.45, 2.75) is 13.8 Å². The van der Waals surface area contributed by atoms with Gasteiger partial charge in [-0.1, -0.05) is 0 Å². The van der Waals surface area contributed by atoms with Gasteiger partial charge in [0.15, 0.2) is 0 Å². The zero-order chi connectivity index (χ0) is 15.7. The summed E-state index contributed by atoms with van der Waals surface area (Å²) in [5.74, 6) is 0.227. The Morgan fingerprint density at radius 3 is 2.73 bits per heavy atom. The van der Waals surface area contributed by atoms with Crippen molar-refractivity contribution in [2.24, 2.45) is 0 Å². The number of hydrogen-bond donors (Lipinski definition) is 1. The Hall–Kier alpha value is -2.48. The van der Waals surface area contributed by atoms with Crippen LogP contribution in [-0.2, 0) is 4.74 Å². The van der Waals surface area contributed by atoms with E-state index < -0.39 is 0 Å². The lowest BCUT2D eigenvalue weighted by atomic mass is 10.2. The van der Waals surface area contributed by atoms with Gasteiger partial charge in [-0.05, 0) is 13.8 Å². The summed E-state index contributed by atoms with van der Waals surface area (Å²) in [5.41, 5.74) is 1.49. The zero-order valence-electron chi connectivity index (χ0n) is 12.5. The minimum Gasteiger partial charge on any atom is -0.378 e. The molecule has 1 aliphatic heterocycles. The second kappa shape index (κ2) is 5.72. The van der Waals surface area contributed by atoms with Crippen LogP contribution in [0.5, 0.6) is 0 Å². The van der Waals surface area contributed by atoms with E-state index in [1.54, 1.807) is 18.7 Å². The monoisotopic (exact) mass is 303 g/mol. The number of morpholine rings is 1. The molecule has 3 rings (SSSR count). The van der Waals surface area contributed by atoms with Crippen molar-refractivity contribution >= 4 is 5.91 Å². The molecule has 0 atom stereocenters. The van der Waals surface area contributed by atoms with Crippen molar-refractivity contribution in [3.8, 4) is 5.95 Å². The normalized spacial score (nSPS) is 15.1. The molecule has 0 unspecified atom stereocenters. The Morgan fingerprint density at radius 2 is 2.05 bits per heavy atom. The number of aromatic amines is 1. The quantitative estimate of drug-likeness (QED) is 0.846. The van der Waals surface area contributed by atoms with Gasteiger partial charge in [-0.2, -0.15) is 5.10 Å². The molecule has 1 amide bonds. The van der Waals surface area contributed by atoms with E-state index in [4.69, 9.17) is 4.74 Å². The summed E-state index contributed by atoms with van der Waals surface area (Å²) in [5, 5.41) is 4.19. The van der Waals surface area contributed by atoms with Gasteiger partial charge in [0, 0.05) is 24.8 Å². The van der Waals surface area contributed by atoms with Crippen LogP contribution in [0.1, 0.15) is 21.7 Å². The largest absolute Gasteiger partial charge is 0.378 e. The molecule has 0 saturated carbocycles. The number of nitrogens with one attached hydrogen (secondary N) is 1. The van der Waals surface area contributed by atoms with Crippen molar-refractivity contribution in [1.29, 1.82) is 0 Å². The van der Waals surface area contributed by atoms with Crippen LogP contribution in [0.3, 0.4) is 0 Å². The van der Waals surface area contributed by atoms with Gasteiger partial charge in [0.1, 0.15) is 0 Å². The molecule has 1 fully saturated rings. The van der Waals surface area contributed by atoms with Gasteiger partial charge in [0.2, 0.25) is 5.95 Å². The fourth-order valence-electron chi connectivity index (χ4n) is 2.43. The van der Waals surface area contributed by atoms with Crippen LogP contribution in [0.15, 0.2) is 17.1 Å². The highest BCUT2D eigenvalue weighted by molar-refractivity contribution is 5.95. The molecule has 2 aromatic rings. The van der Waals surface area contributed by atoms with E-state index in [0.29, 0.717) is 49.2 Å². The van der Waals surface area contributed by atoms with Crippen LogP contribution in [0.4, 0.5) is 0 Å². The molecule has 22 heavy (non-hydrogen) atoms. The highest BCUT2D eigenvalue weighted by atomic mass is 16.5. The third kappa shape index (κ3) is 2.64. The predicted molar refractivity (Wildman–Crippen MR) is 78.2 cm³/mol. The Labute approximate surface area is 126 Å². The van der Waals surface area contributed by atoms with Crippen molar-refractivity contribution < 1.29 is 9.53 Å². The van der Waals surface area contributed by atoms with E-state index in [0.717, 1.165) is 0 Å². The third-order valence-electron chi connectivity index (χ3n) is 3.60. The summed E-state index contributed by atoms with van der Waals surface area (Å²) < 4.78 is 6.73. The third-order valence-corrected chi connectivity index (χ3v) is 3.60. The van der Waals surface area contributed by atoms with Gasteiger partial charge < -0.3 is 9.64 Å². The summed E-state index contributed by atoms with van der Waals surface area (Å²) in [6.45, 7) is 5.75. The Bertz CT molecular complexity index is 758. The first kappa shape index (κ1) is 14.5. The summed E-state index contributed by atoms with van der Waals surface area (Å²) in [4.78, 5) is 32.7. The molecule has 0 radical (unpaired) electrons. The van der Waals surface area contributed by atoms with Crippen molar-refractivity contribution in [2.75, 3.05) is 26.3 Å². The number of hydrogen-bond acceptors (Lipinski definition) is 5. The number of H-pyrrole nitrogens is 1. The molecule has 2 aromatic heterocycles. The molecule has 1 N–H and O–H groups in total. The number of amides is 1.